The molecule has 0 fully saturated rings. The van der Waals surface area contributed by atoms with E-state index in [-0.39, 0.29) is 35.5 Å². The lowest BCUT2D eigenvalue weighted by Gasteiger charge is -2.07. The number of allylic oxidation sites excluding steroid dienone is 1. The van der Waals surface area contributed by atoms with E-state index in [4.69, 9.17) is 14.6 Å². The van der Waals surface area contributed by atoms with E-state index in [1.807, 2.05) is 0 Å². The maximum atomic E-state index is 13.0. The fourth-order valence-electron chi connectivity index (χ4n) is 2.34. The van der Waals surface area contributed by atoms with Crippen molar-refractivity contribution >= 4 is 23.7 Å². The van der Waals surface area contributed by atoms with Crippen LogP contribution in [0.15, 0.2) is 48.2 Å². The van der Waals surface area contributed by atoms with Crippen molar-refractivity contribution in [1.82, 2.24) is 5.32 Å². The van der Waals surface area contributed by atoms with Gasteiger partial charge in [0.1, 0.15) is 23.9 Å². The summed E-state index contributed by atoms with van der Waals surface area (Å²) < 4.78 is 23.8. The molecule has 8 heteroatoms. The molecule has 0 saturated carbocycles. The minimum Gasteiger partial charge on any atom is -0.484 e. The molecule has 1 amide bonds. The van der Waals surface area contributed by atoms with Crippen LogP contribution in [-0.4, -0.2) is 35.9 Å². The second kappa shape index (κ2) is 7.69. The van der Waals surface area contributed by atoms with Gasteiger partial charge in [0.25, 0.3) is 5.91 Å². The topological polar surface area (TPSA) is 102 Å². The molecule has 138 valence electrons. The number of carboxylic acids is 1. The maximum absolute atomic E-state index is 13.0. The van der Waals surface area contributed by atoms with Crippen LogP contribution in [0.5, 0.6) is 11.5 Å². The Kier molecular flexibility index (Phi) is 5.16. The summed E-state index contributed by atoms with van der Waals surface area (Å²) in [5, 5.41) is 10.7. The third-order valence-electron chi connectivity index (χ3n) is 3.62. The summed E-state index contributed by atoms with van der Waals surface area (Å²) in [5.41, 5.74) is 0.949. The Morgan fingerprint density at radius 2 is 1.93 bits per heavy atom. The molecule has 0 atom stereocenters. The van der Waals surface area contributed by atoms with Crippen LogP contribution >= 0.6 is 0 Å². The third kappa shape index (κ3) is 4.49. The number of rotatable bonds is 6. The number of ketones is 1. The van der Waals surface area contributed by atoms with Crippen LogP contribution in [0.2, 0.25) is 0 Å². The maximum Gasteiger partial charge on any atom is 0.322 e. The second-order valence-electron chi connectivity index (χ2n) is 5.61. The molecule has 3 rings (SSSR count). The first-order valence-electron chi connectivity index (χ1n) is 7.87. The van der Waals surface area contributed by atoms with E-state index in [0.717, 1.165) is 0 Å². The van der Waals surface area contributed by atoms with Crippen molar-refractivity contribution < 1.29 is 33.4 Å². The molecule has 1 aliphatic heterocycles. The van der Waals surface area contributed by atoms with Gasteiger partial charge >= 0.3 is 5.97 Å². The van der Waals surface area contributed by atoms with Gasteiger partial charge in [-0.2, -0.15) is 0 Å². The summed E-state index contributed by atoms with van der Waals surface area (Å²) in [6.07, 6.45) is 1.50. The molecule has 7 nitrogen and oxygen atoms in total. The number of Topliss-reactive ketones (excluding diaryl/α,β-unsaturated/α-hetero) is 1. The second-order valence-corrected chi connectivity index (χ2v) is 5.61. The minimum atomic E-state index is -1.16. The number of fused-ring (bicyclic) bond motifs is 1. The van der Waals surface area contributed by atoms with E-state index < -0.39 is 18.4 Å². The highest BCUT2D eigenvalue weighted by Gasteiger charge is 2.27. The number of ether oxygens (including phenoxy) is 2. The average Bonchev–Trinajstić information content (AvgIpc) is 2.95. The summed E-state index contributed by atoms with van der Waals surface area (Å²) >= 11 is 0. The number of nitrogens with one attached hydrogen (secondary N) is 1. The standard InChI is InChI=1S/C19H14FNO6/c20-12-3-1-11(2-4-12)7-16-19(25)14-6-5-13(8-15(14)27-16)26-10-17(22)21-9-18(23)24/h1-8H,9-10H2,(H,21,22)(H,23,24). The molecular weight excluding hydrogens is 357 g/mol. The van der Waals surface area contributed by atoms with Crippen LogP contribution in [0.3, 0.4) is 0 Å². The number of carbonyl (C=O) groups excluding carboxylic acids is 2. The number of amides is 1. The van der Waals surface area contributed by atoms with Gasteiger partial charge in [-0.1, -0.05) is 12.1 Å². The van der Waals surface area contributed by atoms with Crippen LogP contribution in [-0.2, 0) is 9.59 Å². The molecule has 27 heavy (non-hydrogen) atoms. The fraction of sp³-hybridized carbons (Fsp3) is 0.105. The van der Waals surface area contributed by atoms with Gasteiger partial charge in [-0.25, -0.2) is 4.39 Å². The van der Waals surface area contributed by atoms with Crippen LogP contribution < -0.4 is 14.8 Å². The Morgan fingerprint density at radius 3 is 2.63 bits per heavy atom. The fourth-order valence-corrected chi connectivity index (χ4v) is 2.34. The Balaban J connectivity index is 1.67. The number of carbonyl (C=O) groups is 3. The quantitative estimate of drug-likeness (QED) is 0.754. The third-order valence-corrected chi connectivity index (χ3v) is 3.62. The zero-order valence-electron chi connectivity index (χ0n) is 13.9. The predicted octanol–water partition coefficient (Wildman–Crippen LogP) is 2.02. The Morgan fingerprint density at radius 1 is 1.19 bits per heavy atom. The number of benzene rings is 2. The van der Waals surface area contributed by atoms with Crippen molar-refractivity contribution in [3.63, 3.8) is 0 Å². The molecule has 0 bridgehead atoms. The summed E-state index contributed by atoms with van der Waals surface area (Å²) in [5.74, 6) is -1.80. The van der Waals surface area contributed by atoms with Gasteiger partial charge in [0.2, 0.25) is 5.78 Å². The molecule has 0 aromatic heterocycles. The lowest BCUT2D eigenvalue weighted by molar-refractivity contribution is -0.138. The lowest BCUT2D eigenvalue weighted by atomic mass is 10.1. The number of carboxylic acid groups (broad SMARTS) is 1. The summed E-state index contributed by atoms with van der Waals surface area (Å²) in [6.45, 7) is -0.875. The first kappa shape index (κ1) is 18.1. The van der Waals surface area contributed by atoms with Gasteiger partial charge in [0.15, 0.2) is 12.4 Å². The van der Waals surface area contributed by atoms with E-state index in [0.29, 0.717) is 11.1 Å². The summed E-state index contributed by atoms with van der Waals surface area (Å²) in [4.78, 5) is 34.2. The molecule has 1 aliphatic rings. The van der Waals surface area contributed by atoms with Gasteiger partial charge in [-0.15, -0.1) is 0 Å². The van der Waals surface area contributed by atoms with Crippen molar-refractivity contribution in [3.8, 4) is 11.5 Å². The first-order chi connectivity index (χ1) is 12.9. The smallest absolute Gasteiger partial charge is 0.322 e. The molecule has 2 aromatic carbocycles. The summed E-state index contributed by atoms with van der Waals surface area (Å²) in [6, 6.07) is 10.1. The molecule has 1 heterocycles. The van der Waals surface area contributed by atoms with Crippen LogP contribution in [0.25, 0.3) is 6.08 Å². The molecule has 0 radical (unpaired) electrons. The number of halogens is 1. The van der Waals surface area contributed by atoms with Crippen LogP contribution in [0.1, 0.15) is 15.9 Å². The molecule has 0 saturated heterocycles. The average molecular weight is 371 g/mol. The highest BCUT2D eigenvalue weighted by atomic mass is 19.1. The Labute approximate surface area is 153 Å². The minimum absolute atomic E-state index is 0.0907. The van der Waals surface area contributed by atoms with E-state index >= 15 is 0 Å². The summed E-state index contributed by atoms with van der Waals surface area (Å²) in [7, 11) is 0. The monoisotopic (exact) mass is 371 g/mol. The van der Waals surface area contributed by atoms with E-state index in [1.54, 1.807) is 0 Å². The van der Waals surface area contributed by atoms with Crippen LogP contribution in [0, 0.1) is 5.82 Å². The highest BCUT2D eigenvalue weighted by Crippen LogP contribution is 2.34. The van der Waals surface area contributed by atoms with Gasteiger partial charge in [-0.3, -0.25) is 14.4 Å². The van der Waals surface area contributed by atoms with Crippen LogP contribution in [0.4, 0.5) is 4.39 Å². The van der Waals surface area contributed by atoms with Crippen molar-refractivity contribution in [2.45, 2.75) is 0 Å². The van der Waals surface area contributed by atoms with Gasteiger partial charge in [0.05, 0.1) is 5.56 Å². The van der Waals surface area contributed by atoms with E-state index in [9.17, 15) is 18.8 Å². The molecule has 0 spiro atoms. The normalized spacial score (nSPS) is 13.8. The van der Waals surface area contributed by atoms with Crippen molar-refractivity contribution in [2.75, 3.05) is 13.2 Å². The van der Waals surface area contributed by atoms with Crippen molar-refractivity contribution in [2.24, 2.45) is 0 Å². The largest absolute Gasteiger partial charge is 0.484 e. The van der Waals surface area contributed by atoms with E-state index in [2.05, 4.69) is 5.32 Å². The van der Waals surface area contributed by atoms with E-state index in [1.165, 1.54) is 48.5 Å². The molecule has 2 aromatic rings. The number of aliphatic carboxylic acids is 1. The Hall–Kier alpha value is -3.68. The SMILES string of the molecule is O=C(O)CNC(=O)COc1ccc2c(c1)OC(=Cc1ccc(F)cc1)C2=O. The number of hydrogen-bond acceptors (Lipinski definition) is 5. The van der Waals surface area contributed by atoms with Gasteiger partial charge in [-0.05, 0) is 35.9 Å². The predicted molar refractivity (Wildman–Crippen MR) is 91.9 cm³/mol. The highest BCUT2D eigenvalue weighted by molar-refractivity contribution is 6.14. The van der Waals surface area contributed by atoms with Crippen molar-refractivity contribution in [3.05, 3.63) is 65.2 Å². The zero-order chi connectivity index (χ0) is 19.4. The molecule has 2 N–H and O–H groups in total. The van der Waals surface area contributed by atoms with Gasteiger partial charge < -0.3 is 19.9 Å². The first-order valence-corrected chi connectivity index (χ1v) is 7.87. The zero-order valence-corrected chi connectivity index (χ0v) is 13.9. The lowest BCUT2D eigenvalue weighted by Crippen LogP contribution is -2.33. The van der Waals surface area contributed by atoms with Crippen molar-refractivity contribution in [1.29, 1.82) is 0 Å². The number of hydrogen-bond donors (Lipinski definition) is 2. The Bertz CT molecular complexity index is 936. The van der Waals surface area contributed by atoms with Gasteiger partial charge in [0, 0.05) is 6.07 Å². The molecule has 0 aliphatic carbocycles. The molecule has 0 unspecified atom stereocenters. The molecular formula is C19H14FNO6.